The van der Waals surface area contributed by atoms with Gasteiger partial charge in [-0.25, -0.2) is 0 Å². The van der Waals surface area contributed by atoms with Crippen molar-refractivity contribution in [3.8, 4) is 0 Å². The quantitative estimate of drug-likeness (QED) is 0.925. The molecule has 0 saturated carbocycles. The van der Waals surface area contributed by atoms with Crippen molar-refractivity contribution in [1.82, 2.24) is 0 Å². The summed E-state index contributed by atoms with van der Waals surface area (Å²) in [6.45, 7) is 1.84. The maximum atomic E-state index is 12.5. The Labute approximate surface area is 133 Å². The standard InChI is InChI=1S/C18H16O3S/c1-2-13(18(20)21)11-7-8-17-14(9-11)15(19)10-12-5-3-4-6-16(12)22-17/h3-9,13H,2,10H2,1H3,(H,20,21). The van der Waals surface area contributed by atoms with Gasteiger partial charge in [-0.2, -0.15) is 0 Å². The lowest BCUT2D eigenvalue weighted by molar-refractivity contribution is -0.138. The number of Topliss-reactive ketones (excluding diaryl/α,β-unsaturated/α-hetero) is 1. The lowest BCUT2D eigenvalue weighted by Crippen LogP contribution is -2.12. The Morgan fingerprint density at radius 1 is 1.23 bits per heavy atom. The SMILES string of the molecule is CCC(C(=O)O)c1ccc2c(c1)C(=O)Cc1ccccc1S2. The Kier molecular flexibility index (Phi) is 4.03. The van der Waals surface area contributed by atoms with Gasteiger partial charge in [0.1, 0.15) is 0 Å². The van der Waals surface area contributed by atoms with Crippen LogP contribution >= 0.6 is 11.8 Å². The lowest BCUT2D eigenvalue weighted by atomic mass is 9.93. The molecule has 3 nitrogen and oxygen atoms in total. The number of hydrogen-bond donors (Lipinski definition) is 1. The Bertz CT molecular complexity index is 752. The third-order valence-electron chi connectivity index (χ3n) is 3.96. The van der Waals surface area contributed by atoms with Gasteiger partial charge in [-0.05, 0) is 35.7 Å². The van der Waals surface area contributed by atoms with E-state index in [0.29, 0.717) is 24.0 Å². The first-order valence-corrected chi connectivity index (χ1v) is 8.07. The van der Waals surface area contributed by atoms with Crippen molar-refractivity contribution in [2.24, 2.45) is 0 Å². The van der Waals surface area contributed by atoms with E-state index < -0.39 is 11.9 Å². The van der Waals surface area contributed by atoms with Crippen LogP contribution in [0.5, 0.6) is 0 Å². The van der Waals surface area contributed by atoms with Gasteiger partial charge in [0.05, 0.1) is 5.92 Å². The number of hydrogen-bond acceptors (Lipinski definition) is 3. The van der Waals surface area contributed by atoms with E-state index in [4.69, 9.17) is 0 Å². The molecule has 4 heteroatoms. The fourth-order valence-corrected chi connectivity index (χ4v) is 3.83. The smallest absolute Gasteiger partial charge is 0.310 e. The zero-order valence-electron chi connectivity index (χ0n) is 12.2. The van der Waals surface area contributed by atoms with Crippen LogP contribution in [0.1, 0.15) is 40.7 Å². The van der Waals surface area contributed by atoms with Crippen LogP contribution in [0.2, 0.25) is 0 Å². The average molecular weight is 312 g/mol. The normalized spacial score (nSPS) is 14.7. The summed E-state index contributed by atoms with van der Waals surface area (Å²) in [5, 5.41) is 9.30. The summed E-state index contributed by atoms with van der Waals surface area (Å²) in [5.41, 5.74) is 2.37. The second-order valence-corrected chi connectivity index (χ2v) is 6.45. The molecule has 3 rings (SSSR count). The van der Waals surface area contributed by atoms with Gasteiger partial charge in [0, 0.05) is 21.8 Å². The number of benzene rings is 2. The van der Waals surface area contributed by atoms with E-state index in [1.54, 1.807) is 17.8 Å². The van der Waals surface area contributed by atoms with Crippen LogP contribution in [-0.4, -0.2) is 16.9 Å². The molecule has 0 saturated heterocycles. The predicted octanol–water partition coefficient (Wildman–Crippen LogP) is 4.15. The molecule has 2 aromatic carbocycles. The van der Waals surface area contributed by atoms with Gasteiger partial charge in [0.2, 0.25) is 0 Å². The third-order valence-corrected chi connectivity index (χ3v) is 5.15. The van der Waals surface area contributed by atoms with E-state index in [1.165, 1.54) is 0 Å². The Morgan fingerprint density at radius 3 is 2.73 bits per heavy atom. The summed E-state index contributed by atoms with van der Waals surface area (Å²) < 4.78 is 0. The molecule has 0 spiro atoms. The van der Waals surface area contributed by atoms with Crippen LogP contribution in [0.3, 0.4) is 0 Å². The molecule has 1 N–H and O–H groups in total. The molecule has 1 atom stereocenters. The number of ketones is 1. The van der Waals surface area contributed by atoms with Gasteiger partial charge >= 0.3 is 5.97 Å². The van der Waals surface area contributed by atoms with Crippen molar-refractivity contribution in [1.29, 1.82) is 0 Å². The number of carboxylic acids is 1. The molecule has 1 aliphatic rings. The fraction of sp³-hybridized carbons (Fsp3) is 0.222. The largest absolute Gasteiger partial charge is 0.481 e. The van der Waals surface area contributed by atoms with Gasteiger partial charge in [-0.1, -0.05) is 43.0 Å². The monoisotopic (exact) mass is 312 g/mol. The molecule has 22 heavy (non-hydrogen) atoms. The van der Waals surface area contributed by atoms with Crippen molar-refractivity contribution >= 4 is 23.5 Å². The van der Waals surface area contributed by atoms with Gasteiger partial charge in [0.15, 0.2) is 5.78 Å². The second kappa shape index (κ2) is 5.97. The number of aliphatic carboxylic acids is 1. The summed E-state index contributed by atoms with van der Waals surface area (Å²) in [6, 6.07) is 13.4. The molecule has 1 heterocycles. The van der Waals surface area contributed by atoms with Crippen molar-refractivity contribution < 1.29 is 14.7 Å². The first kappa shape index (κ1) is 14.9. The maximum Gasteiger partial charge on any atom is 0.310 e. The zero-order chi connectivity index (χ0) is 15.7. The summed E-state index contributed by atoms with van der Waals surface area (Å²) in [7, 11) is 0. The summed E-state index contributed by atoms with van der Waals surface area (Å²) in [6.07, 6.45) is 0.874. The minimum atomic E-state index is -0.848. The van der Waals surface area contributed by atoms with Crippen LogP contribution < -0.4 is 0 Å². The highest BCUT2D eigenvalue weighted by Crippen LogP contribution is 2.38. The van der Waals surface area contributed by atoms with Crippen molar-refractivity contribution in [2.75, 3.05) is 0 Å². The van der Waals surface area contributed by atoms with E-state index in [9.17, 15) is 14.7 Å². The highest BCUT2D eigenvalue weighted by atomic mass is 32.2. The minimum Gasteiger partial charge on any atom is -0.481 e. The van der Waals surface area contributed by atoms with E-state index in [1.807, 2.05) is 43.3 Å². The van der Waals surface area contributed by atoms with E-state index >= 15 is 0 Å². The molecule has 0 amide bonds. The minimum absolute atomic E-state index is 0.0505. The van der Waals surface area contributed by atoms with E-state index in [2.05, 4.69) is 0 Å². The van der Waals surface area contributed by atoms with Crippen molar-refractivity contribution in [2.45, 2.75) is 35.5 Å². The van der Waals surface area contributed by atoms with Crippen LogP contribution in [0.4, 0.5) is 0 Å². The first-order valence-electron chi connectivity index (χ1n) is 7.26. The van der Waals surface area contributed by atoms with Gasteiger partial charge in [-0.3, -0.25) is 9.59 Å². The number of carbonyl (C=O) groups excluding carboxylic acids is 1. The molecule has 112 valence electrons. The second-order valence-electron chi connectivity index (χ2n) is 5.36. The molecule has 1 aliphatic heterocycles. The molecule has 0 aliphatic carbocycles. The molecule has 1 unspecified atom stereocenters. The number of rotatable bonds is 3. The average Bonchev–Trinajstić information content (AvgIpc) is 2.64. The highest BCUT2D eigenvalue weighted by molar-refractivity contribution is 7.99. The Morgan fingerprint density at radius 2 is 2.00 bits per heavy atom. The third kappa shape index (κ3) is 2.66. The zero-order valence-corrected chi connectivity index (χ0v) is 13.0. The summed E-state index contributed by atoms with van der Waals surface area (Å²) >= 11 is 1.58. The van der Waals surface area contributed by atoms with E-state index in [0.717, 1.165) is 15.4 Å². The Hall–Kier alpha value is -2.07. The van der Waals surface area contributed by atoms with Crippen LogP contribution in [0.15, 0.2) is 52.3 Å². The Balaban J connectivity index is 2.05. The van der Waals surface area contributed by atoms with Crippen molar-refractivity contribution in [3.05, 3.63) is 59.2 Å². The van der Waals surface area contributed by atoms with Crippen molar-refractivity contribution in [3.63, 3.8) is 0 Å². The van der Waals surface area contributed by atoms with Crippen LogP contribution in [0, 0.1) is 0 Å². The number of carboxylic acid groups (broad SMARTS) is 1. The summed E-state index contributed by atoms with van der Waals surface area (Å²) in [5.74, 6) is -1.36. The van der Waals surface area contributed by atoms with Gasteiger partial charge in [0.25, 0.3) is 0 Å². The fourth-order valence-electron chi connectivity index (χ4n) is 2.76. The highest BCUT2D eigenvalue weighted by Gasteiger charge is 2.24. The topological polar surface area (TPSA) is 54.4 Å². The number of fused-ring (bicyclic) bond motifs is 2. The number of carbonyl (C=O) groups is 2. The molecular formula is C18H16O3S. The maximum absolute atomic E-state index is 12.5. The predicted molar refractivity (Wildman–Crippen MR) is 85.7 cm³/mol. The molecule has 0 bridgehead atoms. The summed E-state index contributed by atoms with van der Waals surface area (Å²) in [4.78, 5) is 25.9. The van der Waals surface area contributed by atoms with Gasteiger partial charge in [-0.15, -0.1) is 0 Å². The molecule has 2 aromatic rings. The molecule has 0 radical (unpaired) electrons. The first-order chi connectivity index (χ1) is 10.6. The van der Waals surface area contributed by atoms with Crippen LogP contribution in [0.25, 0.3) is 0 Å². The molecule has 0 fully saturated rings. The van der Waals surface area contributed by atoms with E-state index in [-0.39, 0.29) is 5.78 Å². The van der Waals surface area contributed by atoms with Gasteiger partial charge < -0.3 is 5.11 Å². The van der Waals surface area contributed by atoms with Crippen LogP contribution in [-0.2, 0) is 11.2 Å². The molecular weight excluding hydrogens is 296 g/mol. The molecule has 0 aromatic heterocycles. The lowest BCUT2D eigenvalue weighted by Gasteiger charge is -2.13.